The van der Waals surface area contributed by atoms with Crippen molar-refractivity contribution < 1.29 is 0 Å². The number of hydrogen-bond acceptors (Lipinski definition) is 6. The molecule has 0 aromatic carbocycles. The zero-order valence-electron chi connectivity index (χ0n) is 39.8. The molecule has 2 atom stereocenters. The van der Waals surface area contributed by atoms with Crippen molar-refractivity contribution in [2.75, 3.05) is 67.5 Å². The second kappa shape index (κ2) is 44.3. The molecule has 0 rings (SSSR count). The normalized spacial score (nSPS) is 13.3. The molecular formula is C50H108N6. The van der Waals surface area contributed by atoms with E-state index >= 15 is 0 Å². The van der Waals surface area contributed by atoms with Gasteiger partial charge in [-0.2, -0.15) is 0 Å². The van der Waals surface area contributed by atoms with Crippen LogP contribution in [-0.2, 0) is 0 Å². The van der Waals surface area contributed by atoms with Crippen molar-refractivity contribution in [1.29, 1.82) is 0 Å². The summed E-state index contributed by atoms with van der Waals surface area (Å²) in [6, 6.07) is 0. The lowest BCUT2D eigenvalue weighted by molar-refractivity contribution is 0.0893. The monoisotopic (exact) mass is 793 g/mol. The summed E-state index contributed by atoms with van der Waals surface area (Å²) in [4.78, 5) is 10.3. The molecule has 6 heteroatoms. The minimum Gasteiger partial charge on any atom is -0.330 e. The lowest BCUT2D eigenvalue weighted by Gasteiger charge is -2.33. The fraction of sp³-hybridized carbons (Fsp3) is 1.00. The molecule has 0 aromatic heterocycles. The maximum Gasteiger partial charge on any atom is 0.0588 e. The highest BCUT2D eigenvalue weighted by molar-refractivity contribution is 4.67. The average molecular weight is 793 g/mol. The van der Waals surface area contributed by atoms with Crippen LogP contribution in [0.5, 0.6) is 0 Å². The maximum atomic E-state index is 5.60. The third-order valence-corrected chi connectivity index (χ3v) is 13.0. The molecule has 338 valence electrons. The fourth-order valence-corrected chi connectivity index (χ4v) is 8.48. The smallest absolute Gasteiger partial charge is 0.0588 e. The number of nitrogens with zero attached hydrogens (tertiary/aromatic N) is 4. The molecule has 0 radical (unpaired) electrons. The van der Waals surface area contributed by atoms with Crippen LogP contribution in [0.2, 0.25) is 0 Å². The van der Waals surface area contributed by atoms with Crippen LogP contribution in [0, 0.1) is 0 Å². The zero-order valence-corrected chi connectivity index (χ0v) is 39.8. The standard InChI is InChI=1S/C50H108N6/c1-49(53(3)4)55(45-39-33-27-21-15-9-7-13-19-25-31-37-43-51)47-41-35-29-23-17-11-12-18-24-30-36-42-48-56(50(2)54(5)6)46-40-34-28-22-16-10-8-14-20-26-32-38-44-52/h49-50H,7-48,51-52H2,1-6H3. The molecule has 0 spiro atoms. The highest BCUT2D eigenvalue weighted by atomic mass is 15.3. The van der Waals surface area contributed by atoms with E-state index in [1.165, 1.54) is 257 Å². The first-order valence-electron chi connectivity index (χ1n) is 25.6. The van der Waals surface area contributed by atoms with E-state index in [1.807, 2.05) is 0 Å². The maximum absolute atomic E-state index is 5.60. The Kier molecular flexibility index (Phi) is 44.1. The molecule has 6 nitrogen and oxygen atoms in total. The SMILES string of the molecule is CC(N(C)C)N(CCCCCCCCCCCCCCN)CCCCCCCCCCCCCCN(CCCCCCCCCCCCCCN)C(C)N(C)C. The molecule has 4 N–H and O–H groups in total. The molecule has 0 aliphatic rings. The van der Waals surface area contributed by atoms with E-state index in [0.717, 1.165) is 13.1 Å². The van der Waals surface area contributed by atoms with Gasteiger partial charge in [0.25, 0.3) is 0 Å². The van der Waals surface area contributed by atoms with Crippen molar-refractivity contribution in [3.05, 3.63) is 0 Å². The molecule has 0 saturated heterocycles. The molecular weight excluding hydrogens is 685 g/mol. The van der Waals surface area contributed by atoms with Crippen molar-refractivity contribution in [2.24, 2.45) is 11.5 Å². The van der Waals surface area contributed by atoms with Crippen molar-refractivity contribution in [3.8, 4) is 0 Å². The number of unbranched alkanes of at least 4 members (excludes halogenated alkanes) is 33. The molecule has 56 heavy (non-hydrogen) atoms. The predicted molar refractivity (Wildman–Crippen MR) is 254 cm³/mol. The van der Waals surface area contributed by atoms with E-state index in [1.54, 1.807) is 0 Å². The van der Waals surface area contributed by atoms with E-state index in [9.17, 15) is 0 Å². The second-order valence-electron chi connectivity index (χ2n) is 18.6. The van der Waals surface area contributed by atoms with E-state index in [4.69, 9.17) is 11.5 Å². The minimum absolute atomic E-state index is 0.548. The number of nitrogens with two attached hydrogens (primary N) is 2. The van der Waals surface area contributed by atoms with E-state index in [2.05, 4.69) is 61.6 Å². The minimum atomic E-state index is 0.548. The summed E-state index contributed by atoms with van der Waals surface area (Å²) in [5.41, 5.74) is 11.2. The molecule has 0 amide bonds. The van der Waals surface area contributed by atoms with Gasteiger partial charge in [0.1, 0.15) is 0 Å². The van der Waals surface area contributed by atoms with Crippen LogP contribution in [0.4, 0.5) is 0 Å². The van der Waals surface area contributed by atoms with Gasteiger partial charge in [0.2, 0.25) is 0 Å². The summed E-state index contributed by atoms with van der Waals surface area (Å²) in [6.45, 7) is 11.6. The Balaban J connectivity index is 3.81. The van der Waals surface area contributed by atoms with Gasteiger partial charge in [0.15, 0.2) is 0 Å². The third kappa shape index (κ3) is 38.0. The Bertz CT molecular complexity index is 672. The molecule has 0 fully saturated rings. The first kappa shape index (κ1) is 55.8. The van der Waals surface area contributed by atoms with Crippen LogP contribution in [0.1, 0.15) is 245 Å². The molecule has 0 aromatic rings. The van der Waals surface area contributed by atoms with Gasteiger partial charge < -0.3 is 11.5 Å². The molecule has 0 aliphatic carbocycles. The highest BCUT2D eigenvalue weighted by Crippen LogP contribution is 2.17. The van der Waals surface area contributed by atoms with E-state index < -0.39 is 0 Å². The molecule has 2 unspecified atom stereocenters. The van der Waals surface area contributed by atoms with Crippen LogP contribution in [0.15, 0.2) is 0 Å². The highest BCUT2D eigenvalue weighted by Gasteiger charge is 2.16. The fourth-order valence-electron chi connectivity index (χ4n) is 8.48. The van der Waals surface area contributed by atoms with Crippen molar-refractivity contribution in [3.63, 3.8) is 0 Å². The van der Waals surface area contributed by atoms with Gasteiger partial charge in [-0.1, -0.05) is 193 Å². The molecule has 0 bridgehead atoms. The average Bonchev–Trinajstić information content (AvgIpc) is 3.19. The van der Waals surface area contributed by atoms with Gasteiger partial charge in [-0.3, -0.25) is 19.6 Å². The van der Waals surface area contributed by atoms with Gasteiger partial charge in [-0.15, -0.1) is 0 Å². The lowest BCUT2D eigenvalue weighted by Crippen LogP contribution is -2.43. The Morgan fingerprint density at radius 3 is 0.536 bits per heavy atom. The topological polar surface area (TPSA) is 65.0 Å². The summed E-state index contributed by atoms with van der Waals surface area (Å²) in [5.74, 6) is 0. The first-order valence-corrected chi connectivity index (χ1v) is 25.6. The van der Waals surface area contributed by atoms with Gasteiger partial charge in [0, 0.05) is 0 Å². The molecule has 0 heterocycles. The van der Waals surface area contributed by atoms with Gasteiger partial charge >= 0.3 is 0 Å². The van der Waals surface area contributed by atoms with E-state index in [-0.39, 0.29) is 0 Å². The van der Waals surface area contributed by atoms with E-state index in [0.29, 0.717) is 12.3 Å². The van der Waals surface area contributed by atoms with Crippen LogP contribution in [0.3, 0.4) is 0 Å². The second-order valence-corrected chi connectivity index (χ2v) is 18.6. The summed E-state index contributed by atoms with van der Waals surface area (Å²) in [5, 5.41) is 0. The predicted octanol–water partition coefficient (Wildman–Crippen LogP) is 13.4. The van der Waals surface area contributed by atoms with Gasteiger partial charge in [-0.05, 0) is 120 Å². The molecule has 0 aliphatic heterocycles. The summed E-state index contributed by atoms with van der Waals surface area (Å²) < 4.78 is 0. The first-order chi connectivity index (χ1) is 27.3. The summed E-state index contributed by atoms with van der Waals surface area (Å²) in [6.07, 6.45) is 51.6. The largest absolute Gasteiger partial charge is 0.330 e. The Hall–Kier alpha value is -0.240. The van der Waals surface area contributed by atoms with Crippen LogP contribution >= 0.6 is 0 Å². The summed E-state index contributed by atoms with van der Waals surface area (Å²) in [7, 11) is 8.99. The molecule has 0 saturated carbocycles. The third-order valence-electron chi connectivity index (χ3n) is 13.0. The van der Waals surface area contributed by atoms with Crippen LogP contribution in [0.25, 0.3) is 0 Å². The van der Waals surface area contributed by atoms with Gasteiger partial charge in [0.05, 0.1) is 12.3 Å². The number of rotatable bonds is 47. The summed E-state index contributed by atoms with van der Waals surface area (Å²) >= 11 is 0. The van der Waals surface area contributed by atoms with Crippen LogP contribution < -0.4 is 11.5 Å². The van der Waals surface area contributed by atoms with Crippen LogP contribution in [-0.4, -0.2) is 99.4 Å². The van der Waals surface area contributed by atoms with Crippen molar-refractivity contribution in [2.45, 2.75) is 257 Å². The lowest BCUT2D eigenvalue weighted by atomic mass is 10.0. The van der Waals surface area contributed by atoms with Crippen molar-refractivity contribution in [1.82, 2.24) is 19.6 Å². The Morgan fingerprint density at radius 1 is 0.250 bits per heavy atom. The van der Waals surface area contributed by atoms with Crippen molar-refractivity contribution >= 4 is 0 Å². The Labute approximate surface area is 354 Å². The van der Waals surface area contributed by atoms with Gasteiger partial charge in [-0.25, -0.2) is 0 Å². The zero-order chi connectivity index (χ0) is 41.2. The Morgan fingerprint density at radius 2 is 0.393 bits per heavy atom. The quantitative estimate of drug-likeness (QED) is 0.0473. The number of hydrogen-bond donors (Lipinski definition) is 2.